The third kappa shape index (κ3) is 4.36. The quantitative estimate of drug-likeness (QED) is 0.170. The molecule has 0 aliphatic carbocycles. The van der Waals surface area contributed by atoms with Crippen molar-refractivity contribution in [2.75, 3.05) is 0 Å². The zero-order chi connectivity index (χ0) is 33.5. The Balaban J connectivity index is 1.07. The fraction of sp³-hybridized carbons (Fsp3) is 0. The molecule has 11 rings (SSSR count). The molecule has 6 nitrogen and oxygen atoms in total. The van der Waals surface area contributed by atoms with Crippen molar-refractivity contribution in [3.63, 3.8) is 0 Å². The first-order chi connectivity index (χ1) is 25.3. The Morgan fingerprint density at radius 1 is 0.451 bits per heavy atom. The summed E-state index contributed by atoms with van der Waals surface area (Å²) < 4.78 is 6.79. The minimum absolute atomic E-state index is 0.0118. The molecule has 0 saturated carbocycles. The number of rotatable bonds is 4. The van der Waals surface area contributed by atoms with Gasteiger partial charge in [-0.2, -0.15) is 0 Å². The van der Waals surface area contributed by atoms with E-state index in [2.05, 4.69) is 166 Å². The van der Waals surface area contributed by atoms with Crippen LogP contribution in [0.1, 0.15) is 0 Å². The fourth-order valence-electron chi connectivity index (χ4n) is 7.60. The molecule has 0 N–H and O–H groups in total. The average Bonchev–Trinajstić information content (AvgIpc) is 3.85. The Hall–Kier alpha value is -6.40. The summed E-state index contributed by atoms with van der Waals surface area (Å²) in [5, 5.41) is 15.4. The number of aromatic nitrogens is 6. The van der Waals surface area contributed by atoms with Crippen LogP contribution in [0.4, 0.5) is 0 Å². The van der Waals surface area contributed by atoms with E-state index in [9.17, 15) is 0 Å². The monoisotopic (exact) mass is 718 g/mol. The summed E-state index contributed by atoms with van der Waals surface area (Å²) in [7, 11) is 0. The molecule has 0 spiro atoms. The number of hydrogen-bond acceptors (Lipinski definition) is 4. The van der Waals surface area contributed by atoms with E-state index in [0.29, 0.717) is 5.82 Å². The van der Waals surface area contributed by atoms with E-state index in [-0.39, 0.29) is 14.5 Å². The first kappa shape index (κ1) is 28.4. The molecule has 0 aliphatic heterocycles. The van der Waals surface area contributed by atoms with Gasteiger partial charge in [-0.15, -0.1) is 0 Å². The molecule has 0 aliphatic rings. The van der Waals surface area contributed by atoms with Gasteiger partial charge in [0.25, 0.3) is 0 Å². The van der Waals surface area contributed by atoms with Gasteiger partial charge in [0.2, 0.25) is 0 Å². The van der Waals surface area contributed by atoms with Gasteiger partial charge in [-0.3, -0.25) is 0 Å². The van der Waals surface area contributed by atoms with Crippen LogP contribution in [0.3, 0.4) is 0 Å². The minimum atomic E-state index is -0.0118. The zero-order valence-electron chi connectivity index (χ0n) is 27.1. The summed E-state index contributed by atoms with van der Waals surface area (Å²) in [4.78, 5) is 10.2. The summed E-state index contributed by atoms with van der Waals surface area (Å²) in [5.74, 6) is 0.622. The number of para-hydroxylation sites is 4. The molecule has 0 bridgehead atoms. The molecule has 5 aromatic heterocycles. The first-order valence-corrected chi connectivity index (χ1v) is 18.6. The van der Waals surface area contributed by atoms with E-state index in [1.807, 2.05) is 6.20 Å². The molecular weight excluding hydrogens is 691 g/mol. The number of fused-ring (bicyclic) bond motifs is 9. The number of pyridine rings is 1. The van der Waals surface area contributed by atoms with Crippen LogP contribution in [0.15, 0.2) is 158 Å². The van der Waals surface area contributed by atoms with Crippen molar-refractivity contribution in [1.29, 1.82) is 0 Å². The molecule has 0 fully saturated rings. The Morgan fingerprint density at radius 3 is 1.65 bits per heavy atom. The van der Waals surface area contributed by atoms with Crippen molar-refractivity contribution >= 4 is 77.7 Å². The van der Waals surface area contributed by atoms with Crippen LogP contribution in [-0.2, 0) is 0 Å². The van der Waals surface area contributed by atoms with E-state index in [4.69, 9.17) is 15.1 Å². The van der Waals surface area contributed by atoms with Crippen LogP contribution < -0.4 is 0 Å². The fourth-order valence-corrected chi connectivity index (χ4v) is 9.52. The van der Waals surface area contributed by atoms with Gasteiger partial charge < -0.3 is 0 Å². The molecule has 0 saturated heterocycles. The first-order valence-electron chi connectivity index (χ1n) is 16.9. The van der Waals surface area contributed by atoms with Crippen LogP contribution in [-0.4, -0.2) is 43.8 Å². The van der Waals surface area contributed by atoms with E-state index < -0.39 is 0 Å². The summed E-state index contributed by atoms with van der Waals surface area (Å²) in [5.41, 5.74) is 10.7. The summed E-state index contributed by atoms with van der Waals surface area (Å²) >= 11 is -0.0118. The Morgan fingerprint density at radius 2 is 1.00 bits per heavy atom. The normalized spacial score (nSPS) is 11.9. The SMILES string of the molecule is c1ccc(-n2c3ccccc3c3ccc(-c4cc5c(cn4)[se]c4nnc(-c6ccc7c8ccccc8n(-c8ccccc8)c7c6)nc45)cc32)cc1. The molecule has 51 heavy (non-hydrogen) atoms. The molecule has 11 aromatic rings. The summed E-state index contributed by atoms with van der Waals surface area (Å²) in [6.45, 7) is 0. The topological polar surface area (TPSA) is 61.4 Å². The number of nitrogens with zero attached hydrogens (tertiary/aromatic N) is 6. The molecule has 0 amide bonds. The van der Waals surface area contributed by atoms with Crippen molar-refractivity contribution in [1.82, 2.24) is 29.3 Å². The predicted octanol–water partition coefficient (Wildman–Crippen LogP) is 10.2. The molecule has 0 unspecified atom stereocenters. The second kappa shape index (κ2) is 11.1. The molecule has 0 atom stereocenters. The van der Waals surface area contributed by atoms with Gasteiger partial charge in [0.05, 0.1) is 0 Å². The van der Waals surface area contributed by atoms with Crippen LogP contribution >= 0.6 is 0 Å². The molecule has 0 radical (unpaired) electrons. The van der Waals surface area contributed by atoms with Crippen molar-refractivity contribution in [2.24, 2.45) is 0 Å². The van der Waals surface area contributed by atoms with E-state index in [1.165, 1.54) is 36.8 Å². The van der Waals surface area contributed by atoms with Gasteiger partial charge in [0.15, 0.2) is 0 Å². The van der Waals surface area contributed by atoms with Crippen LogP contribution in [0.25, 0.3) is 97.2 Å². The number of benzene rings is 6. The molecular formula is C44H26N6Se. The second-order valence-corrected chi connectivity index (χ2v) is 15.0. The Bertz CT molecular complexity index is 2930. The summed E-state index contributed by atoms with van der Waals surface area (Å²) in [6.07, 6.45) is 2.01. The molecule has 5 heterocycles. The van der Waals surface area contributed by atoms with Crippen molar-refractivity contribution < 1.29 is 0 Å². The van der Waals surface area contributed by atoms with Gasteiger partial charge >= 0.3 is 299 Å². The third-order valence-corrected chi connectivity index (χ3v) is 12.0. The predicted molar refractivity (Wildman–Crippen MR) is 209 cm³/mol. The van der Waals surface area contributed by atoms with Crippen molar-refractivity contribution in [2.45, 2.75) is 0 Å². The van der Waals surface area contributed by atoms with Gasteiger partial charge in [0.1, 0.15) is 0 Å². The maximum absolute atomic E-state index is 5.20. The maximum atomic E-state index is 5.20. The molecule has 238 valence electrons. The van der Waals surface area contributed by atoms with Gasteiger partial charge in [-0.25, -0.2) is 0 Å². The van der Waals surface area contributed by atoms with E-state index in [1.54, 1.807) is 0 Å². The van der Waals surface area contributed by atoms with Crippen LogP contribution in [0, 0.1) is 0 Å². The van der Waals surface area contributed by atoms with Crippen LogP contribution in [0.2, 0.25) is 0 Å². The number of hydrogen-bond donors (Lipinski definition) is 0. The van der Waals surface area contributed by atoms with E-state index in [0.717, 1.165) is 54.5 Å². The van der Waals surface area contributed by atoms with Gasteiger partial charge in [-0.1, -0.05) is 0 Å². The third-order valence-electron chi connectivity index (χ3n) is 9.92. The summed E-state index contributed by atoms with van der Waals surface area (Å²) in [6, 6.07) is 53.6. The van der Waals surface area contributed by atoms with Crippen molar-refractivity contribution in [3.05, 3.63) is 158 Å². The van der Waals surface area contributed by atoms with Crippen LogP contribution in [0.5, 0.6) is 0 Å². The van der Waals surface area contributed by atoms with Gasteiger partial charge in [0, 0.05) is 0 Å². The molecule has 6 aromatic carbocycles. The zero-order valence-corrected chi connectivity index (χ0v) is 28.8. The standard InChI is InChI=1S/C44H26N6Se/c1-3-11-29(12-4-1)49-37-17-9-7-15-31(37)33-21-19-27(23-39(33)49)36-25-35-41(26-45-36)51-44-42(35)46-43(47-48-44)28-20-22-34-32-16-8-10-18-38(32)50(40(34)24-28)30-13-5-2-6-14-30/h1-26H. The average molecular weight is 718 g/mol. The second-order valence-electron chi connectivity index (χ2n) is 12.8. The van der Waals surface area contributed by atoms with E-state index >= 15 is 0 Å². The van der Waals surface area contributed by atoms with Gasteiger partial charge in [-0.05, 0) is 0 Å². The Kier molecular flexibility index (Phi) is 6.16. The van der Waals surface area contributed by atoms with Crippen molar-refractivity contribution in [3.8, 4) is 34.0 Å². The molecule has 7 heteroatoms. The Labute approximate surface area is 297 Å².